The Balaban J connectivity index is 1.57. The molecule has 1 saturated heterocycles. The Kier molecular flexibility index (Phi) is 4.11. The molecule has 2 aromatic carbocycles. The third-order valence-corrected chi connectivity index (χ3v) is 4.82. The first-order valence-electron chi connectivity index (χ1n) is 8.84. The topological polar surface area (TPSA) is 29.3 Å². The highest BCUT2D eigenvalue weighted by molar-refractivity contribution is 5.76. The van der Waals surface area contributed by atoms with Gasteiger partial charge in [0.05, 0.1) is 0 Å². The van der Waals surface area contributed by atoms with Crippen LogP contribution in [0, 0.1) is 11.8 Å². The summed E-state index contributed by atoms with van der Waals surface area (Å²) in [6.07, 6.45) is 1.35. The number of hydrogen-bond acceptors (Lipinski definition) is 3. The number of aromatic nitrogens is 1. The van der Waals surface area contributed by atoms with E-state index in [1.807, 2.05) is 30.3 Å². The Morgan fingerprint density at radius 3 is 2.54 bits per heavy atom. The van der Waals surface area contributed by atoms with Crippen LogP contribution in [-0.4, -0.2) is 23.0 Å². The number of benzene rings is 2. The van der Waals surface area contributed by atoms with Crippen LogP contribution < -0.4 is 0 Å². The highest BCUT2D eigenvalue weighted by Gasteiger charge is 2.21. The van der Waals surface area contributed by atoms with E-state index >= 15 is 0 Å². The molecule has 0 saturated carbocycles. The standard InChI is InChI=1S/C21H24N2O/c1-15-10-16(2)13-23(12-15)14-17-8-9-20-19(11-17)22-21(24-20)18-6-4-3-5-7-18/h3-9,11,15-16H,10,12-14H2,1-2H3/t15-,16+. The maximum Gasteiger partial charge on any atom is 0.227 e. The van der Waals surface area contributed by atoms with Gasteiger partial charge in [-0.1, -0.05) is 38.1 Å². The van der Waals surface area contributed by atoms with Gasteiger partial charge < -0.3 is 4.42 Å². The zero-order valence-electron chi connectivity index (χ0n) is 14.4. The number of rotatable bonds is 3. The van der Waals surface area contributed by atoms with Gasteiger partial charge in [-0.3, -0.25) is 4.90 Å². The fraction of sp³-hybridized carbons (Fsp3) is 0.381. The summed E-state index contributed by atoms with van der Waals surface area (Å²) in [7, 11) is 0. The van der Waals surface area contributed by atoms with Crippen LogP contribution in [-0.2, 0) is 6.54 Å². The van der Waals surface area contributed by atoms with Crippen molar-refractivity contribution in [3.8, 4) is 11.5 Å². The zero-order chi connectivity index (χ0) is 16.5. The molecule has 0 amide bonds. The van der Waals surface area contributed by atoms with Gasteiger partial charge in [0.25, 0.3) is 0 Å². The number of likely N-dealkylation sites (tertiary alicyclic amines) is 1. The summed E-state index contributed by atoms with van der Waals surface area (Å²) >= 11 is 0. The summed E-state index contributed by atoms with van der Waals surface area (Å²) in [5.41, 5.74) is 4.15. The molecule has 3 nitrogen and oxygen atoms in total. The lowest BCUT2D eigenvalue weighted by molar-refractivity contribution is 0.134. The van der Waals surface area contributed by atoms with E-state index in [1.165, 1.54) is 25.1 Å². The molecule has 0 aliphatic carbocycles. The summed E-state index contributed by atoms with van der Waals surface area (Å²) in [6, 6.07) is 16.5. The summed E-state index contributed by atoms with van der Waals surface area (Å²) in [5.74, 6) is 2.27. The van der Waals surface area contributed by atoms with E-state index in [2.05, 4.69) is 41.9 Å². The van der Waals surface area contributed by atoms with E-state index in [0.29, 0.717) is 5.89 Å². The van der Waals surface area contributed by atoms with E-state index in [4.69, 9.17) is 4.42 Å². The summed E-state index contributed by atoms with van der Waals surface area (Å²) in [4.78, 5) is 7.25. The lowest BCUT2D eigenvalue weighted by atomic mass is 9.91. The fourth-order valence-electron chi connectivity index (χ4n) is 3.95. The maximum absolute atomic E-state index is 5.91. The highest BCUT2D eigenvalue weighted by atomic mass is 16.3. The predicted molar refractivity (Wildman–Crippen MR) is 97.7 cm³/mol. The van der Waals surface area contributed by atoms with Gasteiger partial charge in [-0.15, -0.1) is 0 Å². The van der Waals surface area contributed by atoms with Gasteiger partial charge in [-0.2, -0.15) is 0 Å². The molecule has 0 bridgehead atoms. The second-order valence-electron chi connectivity index (χ2n) is 7.33. The van der Waals surface area contributed by atoms with E-state index in [-0.39, 0.29) is 0 Å². The van der Waals surface area contributed by atoms with Crippen molar-refractivity contribution in [3.05, 3.63) is 54.1 Å². The van der Waals surface area contributed by atoms with Crippen LogP contribution in [0.25, 0.3) is 22.6 Å². The van der Waals surface area contributed by atoms with Crippen LogP contribution in [0.15, 0.2) is 52.9 Å². The first-order chi connectivity index (χ1) is 11.7. The molecule has 0 N–H and O–H groups in total. The van der Waals surface area contributed by atoms with Gasteiger partial charge in [0.1, 0.15) is 5.52 Å². The number of oxazole rings is 1. The molecule has 2 heterocycles. The average molecular weight is 320 g/mol. The molecule has 1 fully saturated rings. The molecule has 1 aromatic heterocycles. The molecule has 0 radical (unpaired) electrons. The van der Waals surface area contributed by atoms with Crippen LogP contribution in [0.2, 0.25) is 0 Å². The monoisotopic (exact) mass is 320 g/mol. The van der Waals surface area contributed by atoms with Crippen LogP contribution in [0.3, 0.4) is 0 Å². The molecule has 4 rings (SSSR count). The van der Waals surface area contributed by atoms with Crippen LogP contribution in [0.4, 0.5) is 0 Å². The van der Waals surface area contributed by atoms with E-state index < -0.39 is 0 Å². The van der Waals surface area contributed by atoms with Gasteiger partial charge in [0, 0.05) is 25.2 Å². The van der Waals surface area contributed by atoms with Crippen molar-refractivity contribution < 1.29 is 4.42 Å². The van der Waals surface area contributed by atoms with E-state index in [9.17, 15) is 0 Å². The Hall–Kier alpha value is -2.13. The predicted octanol–water partition coefficient (Wildman–Crippen LogP) is 4.97. The SMILES string of the molecule is C[C@@H]1C[C@H](C)CN(Cc2ccc3oc(-c4ccccc4)nc3c2)C1. The van der Waals surface area contributed by atoms with Gasteiger partial charge in [-0.05, 0) is 48.1 Å². The third kappa shape index (κ3) is 3.22. The molecule has 2 atom stereocenters. The fourth-order valence-corrected chi connectivity index (χ4v) is 3.95. The Labute approximate surface area is 143 Å². The van der Waals surface area contributed by atoms with Crippen molar-refractivity contribution in [1.82, 2.24) is 9.88 Å². The molecular weight excluding hydrogens is 296 g/mol. The molecule has 1 aliphatic heterocycles. The van der Waals surface area contributed by atoms with Gasteiger partial charge in [-0.25, -0.2) is 4.98 Å². The summed E-state index contributed by atoms with van der Waals surface area (Å²) in [6.45, 7) is 8.09. The van der Waals surface area contributed by atoms with Gasteiger partial charge in [0.2, 0.25) is 5.89 Å². The number of nitrogens with zero attached hydrogens (tertiary/aromatic N) is 2. The minimum atomic E-state index is 0.697. The lowest BCUT2D eigenvalue weighted by Crippen LogP contribution is -2.38. The van der Waals surface area contributed by atoms with Crippen molar-refractivity contribution in [2.24, 2.45) is 11.8 Å². The lowest BCUT2D eigenvalue weighted by Gasteiger charge is -2.34. The minimum Gasteiger partial charge on any atom is -0.436 e. The van der Waals surface area contributed by atoms with Crippen LogP contribution in [0.1, 0.15) is 25.8 Å². The van der Waals surface area contributed by atoms with E-state index in [0.717, 1.165) is 35.0 Å². The number of hydrogen-bond donors (Lipinski definition) is 0. The van der Waals surface area contributed by atoms with Gasteiger partial charge >= 0.3 is 0 Å². The van der Waals surface area contributed by atoms with E-state index in [1.54, 1.807) is 0 Å². The summed E-state index contributed by atoms with van der Waals surface area (Å²) in [5, 5.41) is 0. The number of piperidine rings is 1. The average Bonchev–Trinajstić information content (AvgIpc) is 2.98. The molecule has 124 valence electrons. The maximum atomic E-state index is 5.91. The smallest absolute Gasteiger partial charge is 0.227 e. The molecular formula is C21H24N2O. The largest absolute Gasteiger partial charge is 0.436 e. The van der Waals surface area contributed by atoms with Gasteiger partial charge in [0.15, 0.2) is 5.58 Å². The second kappa shape index (κ2) is 6.40. The first kappa shape index (κ1) is 15.4. The van der Waals surface area contributed by atoms with Crippen molar-refractivity contribution in [3.63, 3.8) is 0 Å². The van der Waals surface area contributed by atoms with Crippen molar-refractivity contribution in [1.29, 1.82) is 0 Å². The Morgan fingerprint density at radius 2 is 1.79 bits per heavy atom. The third-order valence-electron chi connectivity index (χ3n) is 4.82. The highest BCUT2D eigenvalue weighted by Crippen LogP contribution is 2.26. The molecule has 0 unspecified atom stereocenters. The minimum absolute atomic E-state index is 0.697. The number of fused-ring (bicyclic) bond motifs is 1. The first-order valence-corrected chi connectivity index (χ1v) is 8.84. The van der Waals surface area contributed by atoms with Crippen molar-refractivity contribution >= 4 is 11.1 Å². The molecule has 1 aliphatic rings. The quantitative estimate of drug-likeness (QED) is 0.682. The molecule has 3 aromatic rings. The normalized spacial score (nSPS) is 22.1. The second-order valence-corrected chi connectivity index (χ2v) is 7.33. The Bertz CT molecular complexity index is 814. The van der Waals surface area contributed by atoms with Crippen LogP contribution >= 0.6 is 0 Å². The molecule has 3 heteroatoms. The zero-order valence-corrected chi connectivity index (χ0v) is 14.4. The summed E-state index contributed by atoms with van der Waals surface area (Å²) < 4.78 is 5.91. The molecule has 24 heavy (non-hydrogen) atoms. The Morgan fingerprint density at radius 1 is 1.04 bits per heavy atom. The molecule has 0 spiro atoms. The van der Waals surface area contributed by atoms with Crippen LogP contribution in [0.5, 0.6) is 0 Å². The van der Waals surface area contributed by atoms with Crippen molar-refractivity contribution in [2.75, 3.05) is 13.1 Å². The van der Waals surface area contributed by atoms with Crippen molar-refractivity contribution in [2.45, 2.75) is 26.8 Å².